The molecule has 3 aromatic rings. The summed E-state index contributed by atoms with van der Waals surface area (Å²) < 4.78 is 5.70. The first-order valence-corrected chi connectivity index (χ1v) is 9.64. The predicted octanol–water partition coefficient (Wildman–Crippen LogP) is 4.00. The lowest BCUT2D eigenvalue weighted by Crippen LogP contribution is -2.47. The van der Waals surface area contributed by atoms with Gasteiger partial charge in [-0.2, -0.15) is 0 Å². The Bertz CT molecular complexity index is 980. The van der Waals surface area contributed by atoms with Gasteiger partial charge >= 0.3 is 0 Å². The molecule has 2 amide bonds. The number of aryl methyl sites for hydroxylation is 2. The highest BCUT2D eigenvalue weighted by molar-refractivity contribution is 7.14. The van der Waals surface area contributed by atoms with Crippen LogP contribution >= 0.6 is 11.3 Å². The summed E-state index contributed by atoms with van der Waals surface area (Å²) in [5, 5.41) is 2.14. The van der Waals surface area contributed by atoms with Crippen molar-refractivity contribution < 1.29 is 14.3 Å². The molecular formula is C21H22N2O3S. The number of hydrogen-bond donors (Lipinski definition) is 2. The summed E-state index contributed by atoms with van der Waals surface area (Å²) in [4.78, 5) is 26.2. The van der Waals surface area contributed by atoms with Crippen LogP contribution in [0, 0.1) is 6.92 Å². The monoisotopic (exact) mass is 382 g/mol. The molecule has 2 N–H and O–H groups in total. The van der Waals surface area contributed by atoms with Crippen molar-refractivity contribution in [1.82, 2.24) is 10.9 Å². The molecule has 1 atom stereocenters. The van der Waals surface area contributed by atoms with Crippen LogP contribution < -0.4 is 15.6 Å². The zero-order chi connectivity index (χ0) is 19.4. The summed E-state index contributed by atoms with van der Waals surface area (Å²) >= 11 is 1.44. The van der Waals surface area contributed by atoms with Gasteiger partial charge in [-0.1, -0.05) is 37.3 Å². The molecule has 0 saturated heterocycles. The number of carbonyl (C=O) groups excluding carboxylic acids is 2. The van der Waals surface area contributed by atoms with E-state index in [1.54, 1.807) is 6.92 Å². The molecular weight excluding hydrogens is 360 g/mol. The molecule has 0 aliphatic carbocycles. The number of amides is 2. The number of rotatable bonds is 5. The lowest BCUT2D eigenvalue weighted by molar-refractivity contribution is -0.128. The Morgan fingerprint density at radius 3 is 2.52 bits per heavy atom. The molecule has 140 valence electrons. The number of hydrogen-bond acceptors (Lipinski definition) is 4. The number of ether oxygens (including phenoxy) is 1. The summed E-state index contributed by atoms with van der Waals surface area (Å²) in [5.41, 5.74) is 5.97. The first-order valence-electron chi connectivity index (χ1n) is 8.83. The maximum Gasteiger partial charge on any atom is 0.279 e. The highest BCUT2D eigenvalue weighted by atomic mass is 32.1. The van der Waals surface area contributed by atoms with Gasteiger partial charge in [-0.05, 0) is 54.8 Å². The van der Waals surface area contributed by atoms with Crippen molar-refractivity contribution in [3.05, 3.63) is 63.8 Å². The van der Waals surface area contributed by atoms with Crippen molar-refractivity contribution in [3.8, 4) is 5.75 Å². The number of carbonyl (C=O) groups is 2. The molecule has 1 unspecified atom stereocenters. The minimum atomic E-state index is -0.747. The largest absolute Gasteiger partial charge is 0.481 e. The summed E-state index contributed by atoms with van der Waals surface area (Å²) in [6, 6.07) is 15.4. The van der Waals surface area contributed by atoms with Crippen LogP contribution in [0.5, 0.6) is 5.75 Å². The predicted molar refractivity (Wildman–Crippen MR) is 108 cm³/mol. The fourth-order valence-corrected chi connectivity index (χ4v) is 3.77. The van der Waals surface area contributed by atoms with Crippen LogP contribution in [-0.4, -0.2) is 17.9 Å². The quantitative estimate of drug-likeness (QED) is 0.656. The number of thiophene rings is 1. The van der Waals surface area contributed by atoms with E-state index >= 15 is 0 Å². The highest BCUT2D eigenvalue weighted by Crippen LogP contribution is 2.22. The third-order valence-electron chi connectivity index (χ3n) is 4.27. The Morgan fingerprint density at radius 1 is 1.07 bits per heavy atom. The van der Waals surface area contributed by atoms with Crippen LogP contribution in [0.4, 0.5) is 0 Å². The van der Waals surface area contributed by atoms with Crippen molar-refractivity contribution >= 4 is 33.9 Å². The van der Waals surface area contributed by atoms with Gasteiger partial charge in [0.15, 0.2) is 6.10 Å². The molecule has 3 rings (SSSR count). The first kappa shape index (κ1) is 18.9. The maximum absolute atomic E-state index is 12.2. The zero-order valence-corrected chi connectivity index (χ0v) is 16.4. The lowest BCUT2D eigenvalue weighted by Gasteiger charge is -2.15. The van der Waals surface area contributed by atoms with Gasteiger partial charge in [0.1, 0.15) is 5.75 Å². The van der Waals surface area contributed by atoms with Gasteiger partial charge in [-0.3, -0.25) is 20.4 Å². The third-order valence-corrected chi connectivity index (χ3v) is 5.65. The summed E-state index contributed by atoms with van der Waals surface area (Å²) in [7, 11) is 0. The smallest absolute Gasteiger partial charge is 0.279 e. The molecule has 6 heteroatoms. The van der Waals surface area contributed by atoms with E-state index in [-0.39, 0.29) is 5.91 Å². The molecule has 0 aliphatic rings. The molecule has 0 saturated carbocycles. The van der Waals surface area contributed by atoms with E-state index in [1.807, 2.05) is 62.4 Å². The molecule has 2 aromatic carbocycles. The topological polar surface area (TPSA) is 67.4 Å². The van der Waals surface area contributed by atoms with Crippen molar-refractivity contribution in [2.45, 2.75) is 33.3 Å². The number of hydrazine groups is 1. The van der Waals surface area contributed by atoms with Crippen LogP contribution in [0.3, 0.4) is 0 Å². The molecule has 0 spiro atoms. The fraction of sp³-hybridized carbons (Fsp3) is 0.238. The van der Waals surface area contributed by atoms with Crippen molar-refractivity contribution in [2.24, 2.45) is 0 Å². The average molecular weight is 382 g/mol. The molecule has 0 radical (unpaired) electrons. The normalized spacial score (nSPS) is 11.8. The maximum atomic E-state index is 12.2. The summed E-state index contributed by atoms with van der Waals surface area (Å²) in [6.45, 7) is 5.67. The SMILES string of the molecule is CCc1sc(C(=O)NNC(=O)C(C)Oc2ccc3ccccc3c2)cc1C. The Balaban J connectivity index is 1.57. The average Bonchev–Trinajstić information content (AvgIpc) is 3.06. The van der Waals surface area contributed by atoms with Gasteiger partial charge in [0.25, 0.3) is 11.8 Å². The van der Waals surface area contributed by atoms with E-state index in [4.69, 9.17) is 4.74 Å². The van der Waals surface area contributed by atoms with E-state index in [2.05, 4.69) is 10.9 Å². The third kappa shape index (κ3) is 4.46. The van der Waals surface area contributed by atoms with Crippen LogP contribution in [0.15, 0.2) is 48.5 Å². The Morgan fingerprint density at radius 2 is 1.81 bits per heavy atom. The Labute approximate surface area is 162 Å². The minimum Gasteiger partial charge on any atom is -0.481 e. The first-order chi connectivity index (χ1) is 13.0. The van der Waals surface area contributed by atoms with Gasteiger partial charge in [0, 0.05) is 4.88 Å². The van der Waals surface area contributed by atoms with Gasteiger partial charge in [-0.25, -0.2) is 0 Å². The second-order valence-electron chi connectivity index (χ2n) is 6.28. The second kappa shape index (κ2) is 8.22. The Hall–Kier alpha value is -2.86. The van der Waals surface area contributed by atoms with Crippen molar-refractivity contribution in [1.29, 1.82) is 0 Å². The van der Waals surface area contributed by atoms with E-state index in [9.17, 15) is 9.59 Å². The number of fused-ring (bicyclic) bond motifs is 1. The van der Waals surface area contributed by atoms with Crippen LogP contribution in [-0.2, 0) is 11.2 Å². The molecule has 1 aromatic heterocycles. The molecule has 0 aliphatic heterocycles. The van der Waals surface area contributed by atoms with Gasteiger partial charge in [0.05, 0.1) is 4.88 Å². The Kier molecular flexibility index (Phi) is 5.76. The van der Waals surface area contributed by atoms with Crippen LogP contribution in [0.2, 0.25) is 0 Å². The molecule has 5 nitrogen and oxygen atoms in total. The zero-order valence-electron chi connectivity index (χ0n) is 15.5. The van der Waals surface area contributed by atoms with E-state index in [0.717, 1.165) is 22.8 Å². The van der Waals surface area contributed by atoms with E-state index in [0.29, 0.717) is 10.6 Å². The van der Waals surface area contributed by atoms with Gasteiger partial charge in [0.2, 0.25) is 0 Å². The number of benzene rings is 2. The molecule has 1 heterocycles. The molecule has 0 fully saturated rings. The summed E-state index contributed by atoms with van der Waals surface area (Å²) in [6.07, 6.45) is 0.134. The minimum absolute atomic E-state index is 0.325. The highest BCUT2D eigenvalue weighted by Gasteiger charge is 2.17. The van der Waals surface area contributed by atoms with Crippen molar-refractivity contribution in [2.75, 3.05) is 0 Å². The van der Waals surface area contributed by atoms with Crippen LogP contribution in [0.25, 0.3) is 10.8 Å². The molecule has 27 heavy (non-hydrogen) atoms. The van der Waals surface area contributed by atoms with Crippen molar-refractivity contribution in [3.63, 3.8) is 0 Å². The lowest BCUT2D eigenvalue weighted by atomic mass is 10.1. The van der Waals surface area contributed by atoms with Gasteiger partial charge < -0.3 is 4.74 Å². The summed E-state index contributed by atoms with van der Waals surface area (Å²) in [5.74, 6) is -0.140. The van der Waals surface area contributed by atoms with Gasteiger partial charge in [-0.15, -0.1) is 11.3 Å². The standard InChI is InChI=1S/C21H22N2O3S/c1-4-18-13(2)11-19(27-18)21(25)23-22-20(24)14(3)26-17-10-9-15-7-5-6-8-16(15)12-17/h5-12,14H,4H2,1-3H3,(H,22,24)(H,23,25). The fourth-order valence-electron chi connectivity index (χ4n) is 2.76. The second-order valence-corrected chi connectivity index (χ2v) is 7.42. The van der Waals surface area contributed by atoms with Crippen LogP contribution in [0.1, 0.15) is 34.0 Å². The van der Waals surface area contributed by atoms with E-state index < -0.39 is 12.0 Å². The van der Waals surface area contributed by atoms with E-state index in [1.165, 1.54) is 16.2 Å². The number of nitrogens with one attached hydrogen (secondary N) is 2. The molecule has 0 bridgehead atoms.